The number of aromatic nitrogens is 3. The SMILES string of the molecule is CCNC(=NCc1ncnn1C)NC(C)Cc1ccc(C)s1.I. The molecular formula is C15H25IN6S. The molecule has 2 heterocycles. The maximum absolute atomic E-state index is 4.58. The first-order chi connectivity index (χ1) is 10.6. The zero-order valence-electron chi connectivity index (χ0n) is 14.0. The van der Waals surface area contributed by atoms with Crippen molar-refractivity contribution >= 4 is 41.3 Å². The maximum atomic E-state index is 4.58. The van der Waals surface area contributed by atoms with Gasteiger partial charge in [-0.3, -0.25) is 4.68 Å². The molecule has 0 amide bonds. The van der Waals surface area contributed by atoms with E-state index in [-0.39, 0.29) is 24.0 Å². The summed E-state index contributed by atoms with van der Waals surface area (Å²) in [4.78, 5) is 11.5. The lowest BCUT2D eigenvalue weighted by molar-refractivity contribution is 0.641. The monoisotopic (exact) mass is 448 g/mol. The lowest BCUT2D eigenvalue weighted by Gasteiger charge is -2.17. The van der Waals surface area contributed by atoms with Gasteiger partial charge in [0.15, 0.2) is 5.96 Å². The zero-order chi connectivity index (χ0) is 15.9. The van der Waals surface area contributed by atoms with Crippen LogP contribution in [0.15, 0.2) is 23.5 Å². The minimum Gasteiger partial charge on any atom is -0.357 e. The summed E-state index contributed by atoms with van der Waals surface area (Å²) < 4.78 is 1.74. The minimum atomic E-state index is 0. The first-order valence-corrected chi connectivity index (χ1v) is 8.33. The molecule has 2 rings (SSSR count). The minimum absolute atomic E-state index is 0. The van der Waals surface area contributed by atoms with Crippen LogP contribution in [0.1, 0.15) is 29.4 Å². The van der Waals surface area contributed by atoms with E-state index in [1.54, 1.807) is 11.0 Å². The highest BCUT2D eigenvalue weighted by Crippen LogP contribution is 2.16. The summed E-state index contributed by atoms with van der Waals surface area (Å²) in [5.74, 6) is 1.66. The van der Waals surface area contributed by atoms with Crippen molar-refractivity contribution < 1.29 is 0 Å². The number of rotatable bonds is 6. The van der Waals surface area contributed by atoms with Gasteiger partial charge in [-0.1, -0.05) is 0 Å². The molecule has 2 aromatic heterocycles. The predicted octanol–water partition coefficient (Wildman–Crippen LogP) is 2.49. The van der Waals surface area contributed by atoms with Gasteiger partial charge in [0, 0.05) is 35.8 Å². The largest absolute Gasteiger partial charge is 0.357 e. The van der Waals surface area contributed by atoms with E-state index >= 15 is 0 Å². The van der Waals surface area contributed by atoms with E-state index in [0.717, 1.165) is 24.7 Å². The fourth-order valence-electron chi connectivity index (χ4n) is 2.11. The Morgan fingerprint density at radius 1 is 1.43 bits per heavy atom. The van der Waals surface area contributed by atoms with Crippen LogP contribution < -0.4 is 10.6 Å². The molecule has 0 saturated carbocycles. The fraction of sp³-hybridized carbons (Fsp3) is 0.533. The van der Waals surface area contributed by atoms with Crippen LogP contribution in [0.25, 0.3) is 0 Å². The molecule has 0 aliphatic carbocycles. The van der Waals surface area contributed by atoms with Gasteiger partial charge in [0.1, 0.15) is 18.7 Å². The van der Waals surface area contributed by atoms with E-state index in [1.165, 1.54) is 9.75 Å². The van der Waals surface area contributed by atoms with Gasteiger partial charge in [0.2, 0.25) is 0 Å². The molecular weight excluding hydrogens is 423 g/mol. The van der Waals surface area contributed by atoms with Crippen LogP contribution in [0.3, 0.4) is 0 Å². The van der Waals surface area contributed by atoms with Gasteiger partial charge in [0.05, 0.1) is 0 Å². The average molecular weight is 448 g/mol. The number of hydrogen-bond acceptors (Lipinski definition) is 4. The van der Waals surface area contributed by atoms with E-state index in [4.69, 9.17) is 0 Å². The smallest absolute Gasteiger partial charge is 0.191 e. The number of nitrogens with one attached hydrogen (secondary N) is 2. The molecule has 0 radical (unpaired) electrons. The van der Waals surface area contributed by atoms with Crippen molar-refractivity contribution in [2.24, 2.45) is 12.0 Å². The second kappa shape index (κ2) is 9.86. The second-order valence-electron chi connectivity index (χ2n) is 5.26. The summed E-state index contributed by atoms with van der Waals surface area (Å²) in [5.41, 5.74) is 0. The quantitative estimate of drug-likeness (QED) is 0.405. The molecule has 0 aliphatic heterocycles. The van der Waals surface area contributed by atoms with Crippen molar-refractivity contribution in [1.29, 1.82) is 0 Å². The fourth-order valence-corrected chi connectivity index (χ4v) is 3.13. The normalized spacial score (nSPS) is 12.6. The van der Waals surface area contributed by atoms with E-state index in [1.807, 2.05) is 18.4 Å². The van der Waals surface area contributed by atoms with Gasteiger partial charge in [-0.25, -0.2) is 9.98 Å². The zero-order valence-corrected chi connectivity index (χ0v) is 17.2. The van der Waals surface area contributed by atoms with Crippen molar-refractivity contribution in [3.8, 4) is 0 Å². The molecule has 8 heteroatoms. The van der Waals surface area contributed by atoms with Gasteiger partial charge < -0.3 is 10.6 Å². The van der Waals surface area contributed by atoms with Crippen LogP contribution in [-0.2, 0) is 20.0 Å². The van der Waals surface area contributed by atoms with Gasteiger partial charge in [-0.15, -0.1) is 35.3 Å². The number of hydrogen-bond donors (Lipinski definition) is 2. The number of aryl methyl sites for hydroxylation is 2. The first-order valence-electron chi connectivity index (χ1n) is 7.51. The Balaban J connectivity index is 0.00000264. The molecule has 6 nitrogen and oxygen atoms in total. The predicted molar refractivity (Wildman–Crippen MR) is 107 cm³/mol. The van der Waals surface area contributed by atoms with E-state index < -0.39 is 0 Å². The van der Waals surface area contributed by atoms with Gasteiger partial charge >= 0.3 is 0 Å². The molecule has 0 aromatic carbocycles. The highest BCUT2D eigenvalue weighted by Gasteiger charge is 2.08. The Morgan fingerprint density at radius 2 is 2.22 bits per heavy atom. The molecule has 0 saturated heterocycles. The Bertz CT molecular complexity index is 621. The summed E-state index contributed by atoms with van der Waals surface area (Å²) in [6.07, 6.45) is 2.54. The third-order valence-electron chi connectivity index (χ3n) is 3.21. The number of halogens is 1. The summed E-state index contributed by atoms with van der Waals surface area (Å²) in [5, 5.41) is 10.8. The van der Waals surface area contributed by atoms with Crippen LogP contribution in [0.5, 0.6) is 0 Å². The summed E-state index contributed by atoms with van der Waals surface area (Å²) in [6.45, 7) is 7.71. The van der Waals surface area contributed by atoms with Crippen molar-refractivity contribution in [1.82, 2.24) is 25.4 Å². The standard InChI is InChI=1S/C15H24N6S.HI/c1-5-16-15(17-9-14-18-10-19-21(14)4)20-11(2)8-13-7-6-12(3)22-13;/h6-7,10-11H,5,8-9H2,1-4H3,(H2,16,17,20);1H. The average Bonchev–Trinajstić information content (AvgIpc) is 3.05. The van der Waals surface area contributed by atoms with E-state index in [0.29, 0.717) is 12.6 Å². The molecule has 1 unspecified atom stereocenters. The number of nitrogens with zero attached hydrogens (tertiary/aromatic N) is 4. The van der Waals surface area contributed by atoms with E-state index in [9.17, 15) is 0 Å². The second-order valence-corrected chi connectivity index (χ2v) is 6.63. The van der Waals surface area contributed by atoms with Crippen LogP contribution in [0.2, 0.25) is 0 Å². The highest BCUT2D eigenvalue weighted by molar-refractivity contribution is 14.0. The van der Waals surface area contributed by atoms with Gasteiger partial charge in [-0.05, 0) is 32.9 Å². The Kier molecular flexibility index (Phi) is 8.53. The highest BCUT2D eigenvalue weighted by atomic mass is 127. The summed E-state index contributed by atoms with van der Waals surface area (Å²) >= 11 is 1.85. The number of aliphatic imine (C=N–C) groups is 1. The Morgan fingerprint density at radius 3 is 2.78 bits per heavy atom. The lowest BCUT2D eigenvalue weighted by Crippen LogP contribution is -2.43. The Hall–Kier alpha value is -1.16. The summed E-state index contributed by atoms with van der Waals surface area (Å²) in [7, 11) is 1.87. The third kappa shape index (κ3) is 6.46. The summed E-state index contributed by atoms with van der Waals surface area (Å²) in [6, 6.07) is 4.68. The molecule has 23 heavy (non-hydrogen) atoms. The van der Waals surface area contributed by atoms with Gasteiger partial charge in [-0.2, -0.15) is 5.10 Å². The van der Waals surface area contributed by atoms with Crippen LogP contribution in [0.4, 0.5) is 0 Å². The molecule has 0 fully saturated rings. The van der Waals surface area contributed by atoms with Crippen molar-refractivity contribution in [2.75, 3.05) is 6.54 Å². The number of guanidine groups is 1. The number of thiophene rings is 1. The van der Waals surface area contributed by atoms with Gasteiger partial charge in [0.25, 0.3) is 0 Å². The molecule has 2 N–H and O–H groups in total. The van der Waals surface area contributed by atoms with Crippen molar-refractivity contribution in [3.63, 3.8) is 0 Å². The van der Waals surface area contributed by atoms with Crippen LogP contribution in [-0.4, -0.2) is 33.3 Å². The Labute approximate surface area is 158 Å². The molecule has 0 aliphatic rings. The lowest BCUT2D eigenvalue weighted by atomic mass is 10.2. The maximum Gasteiger partial charge on any atom is 0.191 e. The third-order valence-corrected chi connectivity index (χ3v) is 4.24. The molecule has 128 valence electrons. The van der Waals surface area contributed by atoms with Crippen LogP contribution >= 0.6 is 35.3 Å². The molecule has 2 aromatic rings. The first kappa shape index (κ1) is 19.9. The van der Waals surface area contributed by atoms with Crippen molar-refractivity contribution in [3.05, 3.63) is 34.0 Å². The topological polar surface area (TPSA) is 67.1 Å². The van der Waals surface area contributed by atoms with E-state index in [2.05, 4.69) is 58.6 Å². The molecule has 0 spiro atoms. The molecule has 1 atom stereocenters. The van der Waals surface area contributed by atoms with Crippen molar-refractivity contribution in [2.45, 2.75) is 39.8 Å². The molecule has 0 bridgehead atoms. The van der Waals surface area contributed by atoms with Crippen LogP contribution in [0, 0.1) is 6.92 Å².